The van der Waals surface area contributed by atoms with Gasteiger partial charge in [-0.3, -0.25) is 0 Å². The Morgan fingerprint density at radius 3 is 2.59 bits per heavy atom. The van der Waals surface area contributed by atoms with Crippen molar-refractivity contribution < 1.29 is 4.74 Å². The third-order valence-corrected chi connectivity index (χ3v) is 3.93. The van der Waals surface area contributed by atoms with E-state index in [0.29, 0.717) is 11.1 Å². The van der Waals surface area contributed by atoms with Crippen molar-refractivity contribution in [1.29, 1.82) is 0 Å². The summed E-state index contributed by atoms with van der Waals surface area (Å²) in [6.45, 7) is 0. The zero-order valence-corrected chi connectivity index (χ0v) is 11.0. The summed E-state index contributed by atoms with van der Waals surface area (Å²) in [5.74, 6) is 1.51. The van der Waals surface area contributed by atoms with Crippen molar-refractivity contribution in [3.05, 3.63) is 28.8 Å². The van der Waals surface area contributed by atoms with Crippen molar-refractivity contribution in [2.75, 3.05) is 7.11 Å². The second kappa shape index (κ2) is 5.74. The van der Waals surface area contributed by atoms with Crippen LogP contribution in [-0.4, -0.2) is 13.2 Å². The molecule has 2 N–H and O–H groups in total. The Morgan fingerprint density at radius 2 is 2.00 bits per heavy atom. The van der Waals surface area contributed by atoms with Crippen LogP contribution in [0.25, 0.3) is 0 Å². The number of ether oxygens (including phenoxy) is 1. The van der Waals surface area contributed by atoms with Crippen LogP contribution in [0.4, 0.5) is 0 Å². The fraction of sp³-hybridized carbons (Fsp3) is 0.571. The summed E-state index contributed by atoms with van der Waals surface area (Å²) in [5.41, 5.74) is 7.22. The molecule has 1 aliphatic rings. The van der Waals surface area contributed by atoms with Crippen LogP contribution in [-0.2, 0) is 6.42 Å². The predicted molar refractivity (Wildman–Crippen MR) is 71.6 cm³/mol. The Hall–Kier alpha value is -0.730. The molecule has 94 valence electrons. The zero-order chi connectivity index (χ0) is 12.3. The van der Waals surface area contributed by atoms with Gasteiger partial charge in [-0.25, -0.2) is 0 Å². The molecule has 0 saturated heterocycles. The summed E-state index contributed by atoms with van der Waals surface area (Å²) in [7, 11) is 1.64. The molecule has 0 bridgehead atoms. The molecular weight excluding hydrogens is 234 g/mol. The van der Waals surface area contributed by atoms with E-state index in [9.17, 15) is 0 Å². The Kier molecular flexibility index (Phi) is 4.30. The van der Waals surface area contributed by atoms with Crippen LogP contribution < -0.4 is 10.5 Å². The first kappa shape index (κ1) is 12.7. The molecule has 0 amide bonds. The molecule has 0 radical (unpaired) electrons. The highest BCUT2D eigenvalue weighted by molar-refractivity contribution is 6.32. The summed E-state index contributed by atoms with van der Waals surface area (Å²) >= 11 is 6.13. The Labute approximate surface area is 108 Å². The van der Waals surface area contributed by atoms with Crippen molar-refractivity contribution in [3.63, 3.8) is 0 Å². The molecular formula is C14H20ClNO. The number of halogens is 1. The zero-order valence-electron chi connectivity index (χ0n) is 10.3. The first-order valence-electron chi connectivity index (χ1n) is 6.27. The number of hydrogen-bond donors (Lipinski definition) is 1. The summed E-state index contributed by atoms with van der Waals surface area (Å²) in [4.78, 5) is 0. The number of methoxy groups -OCH3 is 1. The smallest absolute Gasteiger partial charge is 0.137 e. The number of benzene rings is 1. The molecule has 1 saturated carbocycles. The van der Waals surface area contributed by atoms with Crippen LogP contribution in [0.5, 0.6) is 5.75 Å². The molecule has 1 aromatic rings. The lowest BCUT2D eigenvalue weighted by Gasteiger charge is -2.26. The monoisotopic (exact) mass is 253 g/mol. The fourth-order valence-electron chi connectivity index (χ4n) is 2.56. The van der Waals surface area contributed by atoms with Crippen LogP contribution in [0.15, 0.2) is 18.2 Å². The van der Waals surface area contributed by atoms with E-state index < -0.39 is 0 Å². The van der Waals surface area contributed by atoms with Crippen molar-refractivity contribution in [2.24, 2.45) is 11.7 Å². The van der Waals surface area contributed by atoms with Crippen molar-refractivity contribution in [1.82, 2.24) is 0 Å². The second-order valence-corrected chi connectivity index (χ2v) is 5.36. The van der Waals surface area contributed by atoms with E-state index in [1.807, 2.05) is 12.1 Å². The van der Waals surface area contributed by atoms with Crippen LogP contribution >= 0.6 is 11.6 Å². The van der Waals surface area contributed by atoms with Gasteiger partial charge in [-0.05, 0) is 55.7 Å². The van der Waals surface area contributed by atoms with Crippen molar-refractivity contribution in [2.45, 2.75) is 38.1 Å². The van der Waals surface area contributed by atoms with E-state index in [2.05, 4.69) is 6.07 Å². The SMILES string of the molecule is COc1ccc(CC2CCC(N)CC2)cc1Cl. The molecule has 1 aromatic carbocycles. The number of rotatable bonds is 3. The van der Waals surface area contributed by atoms with Crippen LogP contribution in [0, 0.1) is 5.92 Å². The molecule has 0 unspecified atom stereocenters. The van der Waals surface area contributed by atoms with Gasteiger partial charge in [0.2, 0.25) is 0 Å². The van der Waals surface area contributed by atoms with Gasteiger partial charge in [0.1, 0.15) is 5.75 Å². The lowest BCUT2D eigenvalue weighted by molar-refractivity contribution is 0.325. The summed E-state index contributed by atoms with van der Waals surface area (Å²) in [6.07, 6.45) is 5.91. The normalized spacial score (nSPS) is 24.6. The maximum Gasteiger partial charge on any atom is 0.137 e. The highest BCUT2D eigenvalue weighted by Gasteiger charge is 2.18. The third kappa shape index (κ3) is 3.36. The minimum Gasteiger partial charge on any atom is -0.495 e. The van der Waals surface area contributed by atoms with Crippen LogP contribution in [0.1, 0.15) is 31.2 Å². The first-order valence-corrected chi connectivity index (χ1v) is 6.65. The van der Waals surface area contributed by atoms with Crippen LogP contribution in [0.3, 0.4) is 0 Å². The molecule has 2 nitrogen and oxygen atoms in total. The number of hydrogen-bond acceptors (Lipinski definition) is 2. The first-order chi connectivity index (χ1) is 8.19. The highest BCUT2D eigenvalue weighted by atomic mass is 35.5. The lowest BCUT2D eigenvalue weighted by atomic mass is 9.83. The largest absolute Gasteiger partial charge is 0.495 e. The van der Waals surface area contributed by atoms with Gasteiger partial charge in [-0.15, -0.1) is 0 Å². The topological polar surface area (TPSA) is 35.2 Å². The molecule has 0 heterocycles. The average Bonchev–Trinajstić information content (AvgIpc) is 2.32. The van der Waals surface area contributed by atoms with E-state index in [1.165, 1.54) is 18.4 Å². The minimum atomic E-state index is 0.422. The highest BCUT2D eigenvalue weighted by Crippen LogP contribution is 2.30. The minimum absolute atomic E-state index is 0.422. The molecule has 0 aromatic heterocycles. The maximum absolute atomic E-state index is 6.13. The lowest BCUT2D eigenvalue weighted by Crippen LogP contribution is -2.27. The van der Waals surface area contributed by atoms with Gasteiger partial charge in [-0.2, -0.15) is 0 Å². The average molecular weight is 254 g/mol. The standard InChI is InChI=1S/C14H20ClNO/c1-17-14-7-4-11(9-13(14)15)8-10-2-5-12(16)6-3-10/h4,7,9-10,12H,2-3,5-6,8,16H2,1H3. The molecule has 0 spiro atoms. The van der Waals surface area contributed by atoms with Gasteiger partial charge < -0.3 is 10.5 Å². The second-order valence-electron chi connectivity index (χ2n) is 4.95. The van der Waals surface area contributed by atoms with Gasteiger partial charge in [0.05, 0.1) is 12.1 Å². The third-order valence-electron chi connectivity index (χ3n) is 3.63. The van der Waals surface area contributed by atoms with Crippen molar-refractivity contribution in [3.8, 4) is 5.75 Å². The van der Waals surface area contributed by atoms with Gasteiger partial charge in [0.25, 0.3) is 0 Å². The molecule has 1 aliphatic carbocycles. The molecule has 1 fully saturated rings. The summed E-state index contributed by atoms with van der Waals surface area (Å²) in [6, 6.07) is 6.51. The predicted octanol–water partition coefficient (Wildman–Crippen LogP) is 3.41. The van der Waals surface area contributed by atoms with E-state index in [4.69, 9.17) is 22.1 Å². The van der Waals surface area contributed by atoms with E-state index in [1.54, 1.807) is 7.11 Å². The maximum atomic E-state index is 6.13. The fourth-order valence-corrected chi connectivity index (χ4v) is 2.84. The quantitative estimate of drug-likeness (QED) is 0.896. The molecule has 2 rings (SSSR count). The molecule has 3 heteroatoms. The van der Waals surface area contributed by atoms with Gasteiger partial charge >= 0.3 is 0 Å². The van der Waals surface area contributed by atoms with E-state index >= 15 is 0 Å². The summed E-state index contributed by atoms with van der Waals surface area (Å²) < 4.78 is 5.16. The van der Waals surface area contributed by atoms with Crippen LogP contribution in [0.2, 0.25) is 5.02 Å². The number of nitrogens with two attached hydrogens (primary N) is 1. The van der Waals surface area contributed by atoms with Gasteiger partial charge in [0.15, 0.2) is 0 Å². The molecule has 0 atom stereocenters. The van der Waals surface area contributed by atoms with Crippen molar-refractivity contribution >= 4 is 11.6 Å². The Morgan fingerprint density at radius 1 is 1.29 bits per heavy atom. The molecule has 17 heavy (non-hydrogen) atoms. The van der Waals surface area contributed by atoms with Gasteiger partial charge in [0, 0.05) is 6.04 Å². The summed E-state index contributed by atoms with van der Waals surface area (Å²) in [5, 5.41) is 0.706. The Bertz CT molecular complexity index is 372. The van der Waals surface area contributed by atoms with E-state index in [-0.39, 0.29) is 0 Å². The molecule has 0 aliphatic heterocycles. The van der Waals surface area contributed by atoms with Gasteiger partial charge in [-0.1, -0.05) is 17.7 Å². The van der Waals surface area contributed by atoms with E-state index in [0.717, 1.165) is 30.9 Å². The Balaban J connectivity index is 1.97.